The molecule has 5 nitrogen and oxygen atoms in total. The van der Waals surface area contributed by atoms with Crippen LogP contribution in [0.2, 0.25) is 0 Å². The van der Waals surface area contributed by atoms with Crippen molar-refractivity contribution in [2.75, 3.05) is 20.3 Å². The van der Waals surface area contributed by atoms with E-state index in [9.17, 15) is 4.79 Å². The number of carboxylic acid groups (broad SMARTS) is 1. The van der Waals surface area contributed by atoms with Crippen LogP contribution in [-0.4, -0.2) is 37.5 Å². The fraction of sp³-hybridized carbons (Fsp3) is 0.417. The van der Waals surface area contributed by atoms with E-state index in [1.165, 1.54) is 19.2 Å². The molecule has 1 aliphatic rings. The lowest BCUT2D eigenvalue weighted by Crippen LogP contribution is -2.16. The lowest BCUT2D eigenvalue weighted by atomic mass is 10.2. The van der Waals surface area contributed by atoms with Crippen molar-refractivity contribution in [3.63, 3.8) is 0 Å². The van der Waals surface area contributed by atoms with Crippen LogP contribution in [0.4, 0.5) is 0 Å². The smallest absolute Gasteiger partial charge is 0.335 e. The van der Waals surface area contributed by atoms with Crippen LogP contribution in [0.25, 0.3) is 0 Å². The van der Waals surface area contributed by atoms with Crippen molar-refractivity contribution in [2.24, 2.45) is 0 Å². The molecule has 1 N–H and O–H groups in total. The average molecular weight is 238 g/mol. The number of rotatable bonds is 4. The molecule has 0 amide bonds. The summed E-state index contributed by atoms with van der Waals surface area (Å²) in [7, 11) is 1.52. The summed E-state index contributed by atoms with van der Waals surface area (Å²) in [6.45, 7) is 1.20. The maximum Gasteiger partial charge on any atom is 0.335 e. The topological polar surface area (TPSA) is 65.0 Å². The SMILES string of the molecule is COc1ccc(C(=O)O)cc1O[C@@H]1CCOC1. The van der Waals surface area contributed by atoms with Crippen LogP contribution in [-0.2, 0) is 4.74 Å². The van der Waals surface area contributed by atoms with Crippen LogP contribution in [0, 0.1) is 0 Å². The first-order valence-electron chi connectivity index (χ1n) is 5.36. The van der Waals surface area contributed by atoms with Gasteiger partial charge in [-0.3, -0.25) is 0 Å². The summed E-state index contributed by atoms with van der Waals surface area (Å²) >= 11 is 0. The number of benzene rings is 1. The van der Waals surface area contributed by atoms with Gasteiger partial charge < -0.3 is 19.3 Å². The molecular weight excluding hydrogens is 224 g/mol. The zero-order chi connectivity index (χ0) is 12.3. The highest BCUT2D eigenvalue weighted by molar-refractivity contribution is 5.88. The Morgan fingerprint density at radius 3 is 2.88 bits per heavy atom. The standard InChI is InChI=1S/C12H14O5/c1-15-10-3-2-8(12(13)14)6-11(10)17-9-4-5-16-7-9/h2-3,6,9H,4-5,7H2,1H3,(H,13,14)/t9-/m1/s1. The first kappa shape index (κ1) is 11.7. The first-order valence-corrected chi connectivity index (χ1v) is 5.36. The monoisotopic (exact) mass is 238 g/mol. The molecule has 1 fully saturated rings. The second kappa shape index (κ2) is 5.05. The molecule has 0 saturated carbocycles. The van der Waals surface area contributed by atoms with E-state index < -0.39 is 5.97 Å². The van der Waals surface area contributed by atoms with Crippen molar-refractivity contribution in [1.29, 1.82) is 0 Å². The molecule has 1 aromatic rings. The van der Waals surface area contributed by atoms with Crippen LogP contribution in [0.15, 0.2) is 18.2 Å². The fourth-order valence-electron chi connectivity index (χ4n) is 1.69. The molecule has 0 bridgehead atoms. The molecule has 1 saturated heterocycles. The zero-order valence-electron chi connectivity index (χ0n) is 9.51. The van der Waals surface area contributed by atoms with Crippen LogP contribution in [0.1, 0.15) is 16.8 Å². The fourth-order valence-corrected chi connectivity index (χ4v) is 1.69. The van der Waals surface area contributed by atoms with Gasteiger partial charge in [0.2, 0.25) is 0 Å². The predicted molar refractivity (Wildman–Crippen MR) is 59.8 cm³/mol. The Morgan fingerprint density at radius 1 is 1.47 bits per heavy atom. The van der Waals surface area contributed by atoms with Gasteiger partial charge >= 0.3 is 5.97 Å². The van der Waals surface area contributed by atoms with Gasteiger partial charge in [-0.1, -0.05) is 0 Å². The van der Waals surface area contributed by atoms with Crippen molar-refractivity contribution in [1.82, 2.24) is 0 Å². The molecule has 1 aromatic carbocycles. The molecule has 1 aliphatic heterocycles. The van der Waals surface area contributed by atoms with E-state index in [0.717, 1.165) is 6.42 Å². The van der Waals surface area contributed by atoms with Crippen LogP contribution < -0.4 is 9.47 Å². The van der Waals surface area contributed by atoms with E-state index in [4.69, 9.17) is 19.3 Å². The van der Waals surface area contributed by atoms with Crippen LogP contribution in [0.3, 0.4) is 0 Å². The van der Waals surface area contributed by atoms with Gasteiger partial charge in [-0.25, -0.2) is 4.79 Å². The Labute approximate surface area is 98.9 Å². The summed E-state index contributed by atoms with van der Waals surface area (Å²) in [5.41, 5.74) is 0.180. The number of ether oxygens (including phenoxy) is 3. The van der Waals surface area contributed by atoms with Crippen molar-refractivity contribution >= 4 is 5.97 Å². The van der Waals surface area contributed by atoms with E-state index in [1.54, 1.807) is 6.07 Å². The molecule has 5 heteroatoms. The maximum absolute atomic E-state index is 10.9. The minimum absolute atomic E-state index is 0.0343. The lowest BCUT2D eigenvalue weighted by molar-refractivity contribution is 0.0695. The molecule has 1 heterocycles. The largest absolute Gasteiger partial charge is 0.493 e. The number of carbonyl (C=O) groups is 1. The second-order valence-electron chi connectivity index (χ2n) is 3.77. The Balaban J connectivity index is 2.21. The quantitative estimate of drug-likeness (QED) is 0.862. The number of hydrogen-bond acceptors (Lipinski definition) is 4. The molecule has 0 aromatic heterocycles. The van der Waals surface area contributed by atoms with E-state index in [1.807, 2.05) is 0 Å². The van der Waals surface area contributed by atoms with E-state index in [-0.39, 0.29) is 11.7 Å². The average Bonchev–Trinajstić information content (AvgIpc) is 2.81. The second-order valence-corrected chi connectivity index (χ2v) is 3.77. The molecule has 0 aliphatic carbocycles. The summed E-state index contributed by atoms with van der Waals surface area (Å²) < 4.78 is 16.0. The van der Waals surface area contributed by atoms with Gasteiger partial charge in [-0.05, 0) is 18.2 Å². The molecule has 92 valence electrons. The van der Waals surface area contributed by atoms with E-state index in [0.29, 0.717) is 24.7 Å². The number of hydrogen-bond donors (Lipinski definition) is 1. The van der Waals surface area contributed by atoms with Crippen LogP contribution in [0.5, 0.6) is 11.5 Å². The maximum atomic E-state index is 10.9. The van der Waals surface area contributed by atoms with Gasteiger partial charge in [0.25, 0.3) is 0 Å². The Morgan fingerprint density at radius 2 is 2.29 bits per heavy atom. The molecule has 0 radical (unpaired) electrons. The third kappa shape index (κ3) is 2.68. The Hall–Kier alpha value is -1.75. The summed E-state index contributed by atoms with van der Waals surface area (Å²) in [5, 5.41) is 8.91. The van der Waals surface area contributed by atoms with Crippen molar-refractivity contribution < 1.29 is 24.1 Å². The molecule has 0 unspecified atom stereocenters. The minimum Gasteiger partial charge on any atom is -0.493 e. The van der Waals surface area contributed by atoms with Gasteiger partial charge in [-0.2, -0.15) is 0 Å². The highest BCUT2D eigenvalue weighted by atomic mass is 16.6. The summed E-state index contributed by atoms with van der Waals surface area (Å²) in [6.07, 6.45) is 0.772. The third-order valence-corrected chi connectivity index (χ3v) is 2.59. The van der Waals surface area contributed by atoms with Gasteiger partial charge in [0.05, 0.1) is 25.9 Å². The number of aromatic carboxylic acids is 1. The van der Waals surface area contributed by atoms with Crippen molar-refractivity contribution in [2.45, 2.75) is 12.5 Å². The minimum atomic E-state index is -0.986. The Bertz CT molecular complexity index is 409. The zero-order valence-corrected chi connectivity index (χ0v) is 9.51. The normalized spacial score (nSPS) is 19.0. The van der Waals surface area contributed by atoms with Crippen molar-refractivity contribution in [3.05, 3.63) is 23.8 Å². The van der Waals surface area contributed by atoms with Crippen LogP contribution >= 0.6 is 0 Å². The third-order valence-electron chi connectivity index (χ3n) is 2.59. The molecule has 17 heavy (non-hydrogen) atoms. The summed E-state index contributed by atoms with van der Waals surface area (Å²) in [5.74, 6) is -0.00928. The Kier molecular flexibility index (Phi) is 3.49. The van der Waals surface area contributed by atoms with E-state index in [2.05, 4.69) is 0 Å². The van der Waals surface area contributed by atoms with Crippen molar-refractivity contribution in [3.8, 4) is 11.5 Å². The molecule has 1 atom stereocenters. The lowest BCUT2D eigenvalue weighted by Gasteiger charge is -2.15. The highest BCUT2D eigenvalue weighted by Gasteiger charge is 2.19. The first-order chi connectivity index (χ1) is 8.20. The molecular formula is C12H14O5. The summed E-state index contributed by atoms with van der Waals surface area (Å²) in [6, 6.07) is 4.55. The van der Waals surface area contributed by atoms with Gasteiger partial charge in [0, 0.05) is 6.42 Å². The van der Waals surface area contributed by atoms with Gasteiger partial charge in [0.15, 0.2) is 11.5 Å². The highest BCUT2D eigenvalue weighted by Crippen LogP contribution is 2.30. The van der Waals surface area contributed by atoms with Gasteiger partial charge in [0.1, 0.15) is 6.10 Å². The van der Waals surface area contributed by atoms with Gasteiger partial charge in [-0.15, -0.1) is 0 Å². The van der Waals surface area contributed by atoms with E-state index >= 15 is 0 Å². The molecule has 2 rings (SSSR count). The number of methoxy groups -OCH3 is 1. The number of carboxylic acids is 1. The predicted octanol–water partition coefficient (Wildman–Crippen LogP) is 1.56. The summed E-state index contributed by atoms with van der Waals surface area (Å²) in [4.78, 5) is 10.9. The molecule has 0 spiro atoms.